The van der Waals surface area contributed by atoms with Gasteiger partial charge in [0.1, 0.15) is 0 Å². The predicted molar refractivity (Wildman–Crippen MR) is 127 cm³/mol. The zero-order valence-corrected chi connectivity index (χ0v) is 18.1. The van der Waals surface area contributed by atoms with Crippen LogP contribution in [0.2, 0.25) is 0 Å². The average molecular weight is 431 g/mol. The van der Waals surface area contributed by atoms with E-state index in [-0.39, 0.29) is 11.5 Å². The summed E-state index contributed by atoms with van der Waals surface area (Å²) in [6, 6.07) is 20.1. The van der Waals surface area contributed by atoms with Gasteiger partial charge in [-0.25, -0.2) is 4.98 Å². The van der Waals surface area contributed by atoms with E-state index < -0.39 is 0 Å². The van der Waals surface area contributed by atoms with Gasteiger partial charge in [0.2, 0.25) is 0 Å². The first-order chi connectivity index (χ1) is 14.9. The smallest absolute Gasteiger partial charge is 0.261 e. The van der Waals surface area contributed by atoms with Gasteiger partial charge in [0.05, 0.1) is 22.3 Å². The molecule has 0 aliphatic heterocycles. The molecule has 0 saturated heterocycles. The highest BCUT2D eigenvalue weighted by Gasteiger charge is 2.11. The molecule has 1 amide bonds. The Labute approximate surface area is 184 Å². The van der Waals surface area contributed by atoms with Crippen LogP contribution < -0.4 is 16.6 Å². The van der Waals surface area contributed by atoms with Gasteiger partial charge in [-0.15, -0.1) is 0 Å². The maximum Gasteiger partial charge on any atom is 0.261 e. The SMILES string of the molecule is Cc1cccc2c(=O)n(C)c(SCc3ccc(C(=O)Nc4ccccc4N)cc3)nc12. The fourth-order valence-corrected chi connectivity index (χ4v) is 4.17. The van der Waals surface area contributed by atoms with E-state index in [2.05, 4.69) is 5.32 Å². The molecule has 3 aromatic carbocycles. The van der Waals surface area contributed by atoms with Crippen molar-refractivity contribution in [2.45, 2.75) is 17.8 Å². The highest BCUT2D eigenvalue weighted by Crippen LogP contribution is 2.23. The third-order valence-electron chi connectivity index (χ3n) is 5.06. The molecular formula is C24H22N4O2S. The number of nitrogens with two attached hydrogens (primary N) is 1. The number of nitrogens with one attached hydrogen (secondary N) is 1. The summed E-state index contributed by atoms with van der Waals surface area (Å²) in [6.07, 6.45) is 0. The summed E-state index contributed by atoms with van der Waals surface area (Å²) in [6.45, 7) is 1.95. The first kappa shape index (κ1) is 20.7. The van der Waals surface area contributed by atoms with E-state index >= 15 is 0 Å². The minimum atomic E-state index is -0.217. The maximum atomic E-state index is 12.7. The minimum absolute atomic E-state index is 0.0524. The number of para-hydroxylation sites is 3. The third kappa shape index (κ3) is 4.32. The molecule has 0 saturated carbocycles. The van der Waals surface area contributed by atoms with Crippen molar-refractivity contribution in [1.82, 2.24) is 9.55 Å². The molecule has 0 aliphatic carbocycles. The molecule has 1 aromatic heterocycles. The zero-order chi connectivity index (χ0) is 22.0. The topological polar surface area (TPSA) is 90.0 Å². The Morgan fingerprint density at radius 1 is 1.06 bits per heavy atom. The highest BCUT2D eigenvalue weighted by atomic mass is 32.2. The molecule has 0 spiro atoms. The number of carbonyl (C=O) groups is 1. The number of nitrogen functional groups attached to an aromatic ring is 1. The molecule has 0 bridgehead atoms. The van der Waals surface area contributed by atoms with Gasteiger partial charge in [-0.3, -0.25) is 14.2 Å². The number of aryl methyl sites for hydroxylation is 1. The van der Waals surface area contributed by atoms with Crippen LogP contribution in [0, 0.1) is 6.92 Å². The second kappa shape index (κ2) is 8.65. The van der Waals surface area contributed by atoms with E-state index in [1.807, 2.05) is 43.3 Å². The van der Waals surface area contributed by atoms with Crippen molar-refractivity contribution in [1.29, 1.82) is 0 Å². The van der Waals surface area contributed by atoms with Crippen LogP contribution in [-0.2, 0) is 12.8 Å². The number of fused-ring (bicyclic) bond motifs is 1. The Hall–Kier alpha value is -3.58. The summed E-state index contributed by atoms with van der Waals surface area (Å²) >= 11 is 1.49. The van der Waals surface area contributed by atoms with Gasteiger partial charge in [-0.1, -0.05) is 48.2 Å². The molecular weight excluding hydrogens is 408 g/mol. The highest BCUT2D eigenvalue weighted by molar-refractivity contribution is 7.98. The first-order valence-electron chi connectivity index (χ1n) is 9.78. The molecule has 0 aliphatic rings. The first-order valence-corrected chi connectivity index (χ1v) is 10.8. The van der Waals surface area contributed by atoms with E-state index in [1.54, 1.807) is 41.9 Å². The number of nitrogens with zero attached hydrogens (tertiary/aromatic N) is 2. The Balaban J connectivity index is 1.48. The van der Waals surface area contributed by atoms with Gasteiger partial charge < -0.3 is 11.1 Å². The van der Waals surface area contributed by atoms with Gasteiger partial charge in [-0.05, 0) is 48.4 Å². The number of hydrogen-bond acceptors (Lipinski definition) is 5. The van der Waals surface area contributed by atoms with Crippen LogP contribution in [0.4, 0.5) is 11.4 Å². The lowest BCUT2D eigenvalue weighted by Crippen LogP contribution is -2.20. The zero-order valence-electron chi connectivity index (χ0n) is 17.3. The van der Waals surface area contributed by atoms with Crippen LogP contribution in [0.3, 0.4) is 0 Å². The normalized spacial score (nSPS) is 10.9. The fraction of sp³-hybridized carbons (Fsp3) is 0.125. The lowest BCUT2D eigenvalue weighted by molar-refractivity contribution is 0.102. The molecule has 31 heavy (non-hydrogen) atoms. The van der Waals surface area contributed by atoms with Gasteiger partial charge in [0.25, 0.3) is 11.5 Å². The van der Waals surface area contributed by atoms with E-state index in [9.17, 15) is 9.59 Å². The Morgan fingerprint density at radius 3 is 2.55 bits per heavy atom. The third-order valence-corrected chi connectivity index (χ3v) is 6.16. The Kier molecular flexibility index (Phi) is 5.77. The summed E-state index contributed by atoms with van der Waals surface area (Å²) in [5.74, 6) is 0.414. The van der Waals surface area contributed by atoms with Gasteiger partial charge in [0, 0.05) is 18.4 Å². The van der Waals surface area contributed by atoms with Crippen LogP contribution in [0.1, 0.15) is 21.5 Å². The Bertz CT molecular complexity index is 1330. The lowest BCUT2D eigenvalue weighted by Gasteiger charge is -2.10. The van der Waals surface area contributed by atoms with Crippen LogP contribution in [-0.4, -0.2) is 15.5 Å². The molecule has 0 radical (unpaired) electrons. The summed E-state index contributed by atoms with van der Waals surface area (Å²) < 4.78 is 1.58. The molecule has 1 heterocycles. The summed E-state index contributed by atoms with van der Waals surface area (Å²) in [7, 11) is 1.74. The molecule has 3 N–H and O–H groups in total. The van der Waals surface area contributed by atoms with Crippen LogP contribution in [0.25, 0.3) is 10.9 Å². The van der Waals surface area contributed by atoms with Crippen LogP contribution in [0.5, 0.6) is 0 Å². The van der Waals surface area contributed by atoms with Crippen molar-refractivity contribution >= 4 is 39.9 Å². The quantitative estimate of drug-likeness (QED) is 0.279. The summed E-state index contributed by atoms with van der Waals surface area (Å²) in [5, 5.41) is 4.11. The molecule has 0 atom stereocenters. The number of thioether (sulfide) groups is 1. The fourth-order valence-electron chi connectivity index (χ4n) is 3.25. The van der Waals surface area contributed by atoms with Crippen molar-refractivity contribution < 1.29 is 4.79 Å². The molecule has 6 nitrogen and oxygen atoms in total. The number of benzene rings is 3. The number of anilines is 2. The van der Waals surface area contributed by atoms with E-state index in [1.165, 1.54) is 11.8 Å². The standard InChI is InChI=1S/C24H22N4O2S/c1-15-6-5-7-18-21(15)27-24(28(2)23(18)30)31-14-16-10-12-17(13-11-16)22(29)26-20-9-4-3-8-19(20)25/h3-13H,14,25H2,1-2H3,(H,26,29). The van der Waals surface area contributed by atoms with Crippen molar-refractivity contribution in [2.75, 3.05) is 11.1 Å². The molecule has 0 unspecified atom stereocenters. The van der Waals surface area contributed by atoms with Crippen LogP contribution >= 0.6 is 11.8 Å². The van der Waals surface area contributed by atoms with Crippen molar-refractivity contribution in [3.8, 4) is 0 Å². The molecule has 4 rings (SSSR count). The number of hydrogen-bond donors (Lipinski definition) is 2. The molecule has 4 aromatic rings. The molecule has 156 valence electrons. The second-order valence-electron chi connectivity index (χ2n) is 7.26. The van der Waals surface area contributed by atoms with E-state index in [0.717, 1.165) is 16.6 Å². The lowest BCUT2D eigenvalue weighted by atomic mass is 10.1. The van der Waals surface area contributed by atoms with Crippen molar-refractivity contribution in [3.05, 3.63) is 93.8 Å². The van der Waals surface area contributed by atoms with Crippen molar-refractivity contribution in [3.63, 3.8) is 0 Å². The summed E-state index contributed by atoms with van der Waals surface area (Å²) in [4.78, 5) is 29.8. The average Bonchev–Trinajstić information content (AvgIpc) is 2.77. The predicted octanol–water partition coefficient (Wildman–Crippen LogP) is 4.37. The second-order valence-corrected chi connectivity index (χ2v) is 8.20. The van der Waals surface area contributed by atoms with Gasteiger partial charge >= 0.3 is 0 Å². The Morgan fingerprint density at radius 2 is 1.81 bits per heavy atom. The summed E-state index contributed by atoms with van der Waals surface area (Å²) in [5.41, 5.74) is 10.2. The van der Waals surface area contributed by atoms with E-state index in [4.69, 9.17) is 10.7 Å². The number of rotatable bonds is 5. The monoisotopic (exact) mass is 430 g/mol. The number of amides is 1. The van der Waals surface area contributed by atoms with Gasteiger partial charge in [0.15, 0.2) is 5.16 Å². The largest absolute Gasteiger partial charge is 0.397 e. The maximum absolute atomic E-state index is 12.7. The van der Waals surface area contributed by atoms with Crippen molar-refractivity contribution in [2.24, 2.45) is 7.05 Å². The molecule has 0 fully saturated rings. The van der Waals surface area contributed by atoms with Gasteiger partial charge in [-0.2, -0.15) is 0 Å². The number of carbonyl (C=O) groups excluding carboxylic acids is 1. The van der Waals surface area contributed by atoms with E-state index in [0.29, 0.717) is 33.2 Å². The van der Waals surface area contributed by atoms with Crippen LogP contribution in [0.15, 0.2) is 76.7 Å². The number of aromatic nitrogens is 2. The minimum Gasteiger partial charge on any atom is -0.397 e. The molecule has 7 heteroatoms.